The van der Waals surface area contributed by atoms with Gasteiger partial charge in [-0.3, -0.25) is 0 Å². The summed E-state index contributed by atoms with van der Waals surface area (Å²) >= 11 is 0. The predicted molar refractivity (Wildman–Crippen MR) is 135 cm³/mol. The van der Waals surface area contributed by atoms with Crippen LogP contribution in [0.5, 0.6) is 0 Å². The largest absolute Gasteiger partial charge is 0.314 e. The maximum Gasteiger partial charge on any atom is 0.314 e. The molecular weight excluding hydrogens is 582 g/mol. The summed E-state index contributed by atoms with van der Waals surface area (Å²) in [6.07, 6.45) is -6.45. The molecule has 0 spiro atoms. The Kier molecular flexibility index (Phi) is 6.59. The molecule has 202 valence electrons. The Balaban J connectivity index is 2.05. The summed E-state index contributed by atoms with van der Waals surface area (Å²) in [5.41, 5.74) is -6.19. The molecule has 2 aromatic heterocycles. The molecule has 2 heterocycles. The van der Waals surface area contributed by atoms with Gasteiger partial charge in [0.25, 0.3) is 11.4 Å². The van der Waals surface area contributed by atoms with E-state index in [-0.39, 0.29) is 22.3 Å². The van der Waals surface area contributed by atoms with E-state index < -0.39 is 86.5 Å². The highest BCUT2D eigenvalue weighted by Gasteiger charge is 2.41. The summed E-state index contributed by atoms with van der Waals surface area (Å²) in [7, 11) is 0. The van der Waals surface area contributed by atoms with E-state index in [0.29, 0.717) is 0 Å². The summed E-state index contributed by atoms with van der Waals surface area (Å²) in [6.45, 7) is 22.9. The predicted octanol–water partition coefficient (Wildman–Crippen LogP) is 4.04. The zero-order valence-electron chi connectivity index (χ0n) is 20.9. The van der Waals surface area contributed by atoms with E-state index in [0.717, 1.165) is 6.07 Å². The maximum atomic E-state index is 14.1. The molecule has 0 unspecified atom stereocenters. The lowest BCUT2D eigenvalue weighted by Crippen LogP contribution is -2.05. The van der Waals surface area contributed by atoms with Crippen molar-refractivity contribution in [3.63, 3.8) is 0 Å². The topological polar surface area (TPSA) is 186 Å². The van der Waals surface area contributed by atoms with Gasteiger partial charge in [0.15, 0.2) is 11.6 Å². The zero-order chi connectivity index (χ0) is 31.9. The van der Waals surface area contributed by atoms with Crippen molar-refractivity contribution >= 4 is 33.6 Å². The second-order valence-corrected chi connectivity index (χ2v) is 8.19. The van der Waals surface area contributed by atoms with E-state index in [1.165, 1.54) is 0 Å². The molecule has 13 nitrogen and oxygen atoms in total. The molecule has 17 heteroatoms. The van der Waals surface area contributed by atoms with Gasteiger partial charge < -0.3 is 0 Å². The van der Waals surface area contributed by atoms with Crippen molar-refractivity contribution in [3.8, 4) is 24.3 Å². The molecule has 2 aliphatic carbocycles. The Bertz CT molecular complexity index is 2120. The number of allylic oxidation sites excluding steroid dienone is 7. The number of aromatic nitrogens is 6. The third kappa shape index (κ3) is 3.95. The van der Waals surface area contributed by atoms with Crippen molar-refractivity contribution in [1.29, 1.82) is 21.0 Å². The van der Waals surface area contributed by atoms with E-state index in [1.807, 2.05) is 0 Å². The van der Waals surface area contributed by atoms with Crippen molar-refractivity contribution in [1.82, 2.24) is 29.9 Å². The van der Waals surface area contributed by atoms with Gasteiger partial charge in [-0.25, -0.2) is 25.1 Å². The fraction of sp³-hybridized carbons (Fsp3) is 0. The van der Waals surface area contributed by atoms with Gasteiger partial charge in [-0.2, -0.15) is 58.0 Å². The molecule has 0 fully saturated rings. The average Bonchev–Trinajstić information content (AvgIpc) is 3.49. The second-order valence-electron chi connectivity index (χ2n) is 8.19. The van der Waals surface area contributed by atoms with Gasteiger partial charge in [0.05, 0.1) is 49.1 Å². The minimum absolute atomic E-state index is 0.249. The molecular formula is C27HF4N13. The highest BCUT2D eigenvalue weighted by atomic mass is 19.2. The Labute approximate surface area is 242 Å². The summed E-state index contributed by atoms with van der Waals surface area (Å²) in [5.74, 6) is -1.62. The van der Waals surface area contributed by atoms with Gasteiger partial charge in [0.1, 0.15) is 6.07 Å². The molecule has 0 saturated carbocycles. The molecule has 2 aliphatic rings. The monoisotopic (exact) mass is 583 g/mol. The van der Waals surface area contributed by atoms with Crippen LogP contribution in [0.15, 0.2) is 17.5 Å². The van der Waals surface area contributed by atoms with Crippen molar-refractivity contribution in [2.45, 2.75) is 0 Å². The summed E-state index contributed by atoms with van der Waals surface area (Å²) < 4.78 is 56.3. The first kappa shape index (κ1) is 27.9. The van der Waals surface area contributed by atoms with Crippen molar-refractivity contribution < 1.29 is 17.6 Å². The number of fused-ring (bicyclic) bond motifs is 2. The quantitative estimate of drug-likeness (QED) is 0.242. The van der Waals surface area contributed by atoms with Gasteiger partial charge >= 0.3 is 24.3 Å². The van der Waals surface area contributed by atoms with Gasteiger partial charge in [-0.05, 0) is 22.8 Å². The van der Waals surface area contributed by atoms with E-state index >= 15 is 0 Å². The number of benzene rings is 1. The lowest BCUT2D eigenvalue weighted by atomic mass is 9.89. The van der Waals surface area contributed by atoms with Crippen LogP contribution in [-0.2, 0) is 0 Å². The van der Waals surface area contributed by atoms with Crippen LogP contribution in [0.25, 0.3) is 48.1 Å². The summed E-state index contributed by atoms with van der Waals surface area (Å²) in [6, 6.07) is 7.85. The number of hydrogen-bond donors (Lipinski definition) is 0. The Morgan fingerprint density at radius 1 is 0.636 bits per heavy atom. The molecule has 0 bridgehead atoms. The summed E-state index contributed by atoms with van der Waals surface area (Å²) in [5, 5.41) is 40.1. The van der Waals surface area contributed by atoms with Gasteiger partial charge in [0.2, 0.25) is 5.70 Å². The molecule has 0 saturated heterocycles. The van der Waals surface area contributed by atoms with Crippen LogP contribution in [0, 0.1) is 89.4 Å². The third-order valence-electron chi connectivity index (χ3n) is 6.19. The normalized spacial score (nSPS) is 15.0. The average molecular weight is 583 g/mol. The molecule has 44 heavy (non-hydrogen) atoms. The van der Waals surface area contributed by atoms with E-state index in [4.69, 9.17) is 19.7 Å². The third-order valence-corrected chi connectivity index (χ3v) is 6.19. The van der Waals surface area contributed by atoms with Crippen LogP contribution in [0.3, 0.4) is 0 Å². The molecule has 5 rings (SSSR count). The molecule has 0 amide bonds. The van der Waals surface area contributed by atoms with E-state index in [9.17, 15) is 38.6 Å². The first-order chi connectivity index (χ1) is 21.2. The number of hydrogen-bond acceptors (Lipinski definition) is 10. The van der Waals surface area contributed by atoms with Crippen LogP contribution >= 0.6 is 0 Å². The molecule has 1 aromatic carbocycles. The minimum atomic E-state index is -1.61. The van der Waals surface area contributed by atoms with Crippen LogP contribution in [0.4, 0.5) is 17.6 Å². The number of nitrogens with zero attached hydrogens (tertiary/aromatic N) is 13. The minimum Gasteiger partial charge on any atom is -0.237 e. The lowest BCUT2D eigenvalue weighted by Gasteiger charge is -2.13. The number of halogens is 4. The maximum absolute atomic E-state index is 14.1. The molecule has 0 aliphatic heterocycles. The van der Waals surface area contributed by atoms with Gasteiger partial charge in [0, 0.05) is 27.8 Å². The smallest absolute Gasteiger partial charge is 0.237 e. The van der Waals surface area contributed by atoms with Crippen LogP contribution < -0.4 is 0 Å². The van der Waals surface area contributed by atoms with Gasteiger partial charge in [-0.15, -0.1) is 0 Å². The standard InChI is InChI=1S/C27HF4N13/c1-36-13(7-34)17-9-4-10-16(11(5-32)15(9)12(6-33)19(17)22-39-24(28)43-25(29)40-22)21(38-3)20(18(10)14(8-35)37-2)23-41-26(30)44-27(31)42-23/h4H/b17-13+,18-14-. The van der Waals surface area contributed by atoms with Gasteiger partial charge in [-0.1, -0.05) is 0 Å². The zero-order valence-corrected chi connectivity index (χ0v) is 20.9. The van der Waals surface area contributed by atoms with Crippen LogP contribution in [0.2, 0.25) is 0 Å². The first-order valence-corrected chi connectivity index (χ1v) is 11.3. The van der Waals surface area contributed by atoms with Crippen molar-refractivity contribution in [3.05, 3.63) is 115 Å². The van der Waals surface area contributed by atoms with Crippen molar-refractivity contribution in [2.75, 3.05) is 0 Å². The lowest BCUT2D eigenvalue weighted by molar-refractivity contribution is 0.451. The second kappa shape index (κ2) is 10.4. The summed E-state index contributed by atoms with van der Waals surface area (Å²) in [4.78, 5) is 28.8. The fourth-order valence-corrected chi connectivity index (χ4v) is 4.76. The molecule has 0 radical (unpaired) electrons. The molecule has 0 atom stereocenters. The SMILES string of the molecule is [C-]#[N+]C1=C(c2nc(F)nc(F)n2)/C(=C(/C#N)[N+]#[C-])c2cc3c(c(C#N)c21)C(C#N)=C(c1nc(F)nc(F)n1)/C3=C(\C#N)[N+]#[C-]. The Hall–Kier alpha value is -7.65. The van der Waals surface area contributed by atoms with Crippen LogP contribution in [-0.4, -0.2) is 29.9 Å². The highest BCUT2D eigenvalue weighted by Crippen LogP contribution is 2.56. The highest BCUT2D eigenvalue weighted by molar-refractivity contribution is 6.29. The fourth-order valence-electron chi connectivity index (χ4n) is 4.76. The number of rotatable bonds is 2. The molecule has 3 aromatic rings. The van der Waals surface area contributed by atoms with Crippen molar-refractivity contribution in [2.24, 2.45) is 0 Å². The Morgan fingerprint density at radius 3 is 1.50 bits per heavy atom. The van der Waals surface area contributed by atoms with E-state index in [1.54, 1.807) is 24.3 Å². The number of nitriles is 4. The first-order valence-electron chi connectivity index (χ1n) is 11.3. The van der Waals surface area contributed by atoms with Crippen LogP contribution in [0.1, 0.15) is 39.5 Å². The van der Waals surface area contributed by atoms with E-state index in [2.05, 4.69) is 44.4 Å². The molecule has 0 N–H and O–H groups in total. The Morgan fingerprint density at radius 2 is 1.09 bits per heavy atom.